The fourth-order valence-corrected chi connectivity index (χ4v) is 4.89. The first kappa shape index (κ1) is 14.0. The van der Waals surface area contributed by atoms with Crippen molar-refractivity contribution in [3.63, 3.8) is 0 Å². The molecule has 5 heteroatoms. The maximum absolute atomic E-state index is 6.00. The highest BCUT2D eigenvalue weighted by Crippen LogP contribution is 2.46. The van der Waals surface area contributed by atoms with Gasteiger partial charge in [-0.2, -0.15) is 0 Å². The molecule has 4 rings (SSSR count). The van der Waals surface area contributed by atoms with Crippen molar-refractivity contribution < 1.29 is 4.74 Å². The molecule has 2 aromatic heterocycles. The molecule has 0 radical (unpaired) electrons. The zero-order chi connectivity index (χ0) is 14.8. The summed E-state index contributed by atoms with van der Waals surface area (Å²) >= 11 is 2.07. The third-order valence-corrected chi connectivity index (χ3v) is 5.86. The van der Waals surface area contributed by atoms with Crippen molar-refractivity contribution in [1.82, 2.24) is 14.9 Å². The Morgan fingerprint density at radius 2 is 2.05 bits per heavy atom. The summed E-state index contributed by atoms with van der Waals surface area (Å²) in [5, 5.41) is 0. The molecule has 0 bridgehead atoms. The molecule has 114 valence electrons. The Kier molecular flexibility index (Phi) is 3.76. The lowest BCUT2D eigenvalue weighted by molar-refractivity contribution is 0.0908. The summed E-state index contributed by atoms with van der Waals surface area (Å²) in [4.78, 5) is 10.8. The third kappa shape index (κ3) is 2.96. The second kappa shape index (κ2) is 5.89. The molecule has 4 nitrogen and oxygen atoms in total. The van der Waals surface area contributed by atoms with E-state index in [1.54, 1.807) is 6.20 Å². The van der Waals surface area contributed by atoms with Crippen molar-refractivity contribution in [2.45, 2.75) is 23.8 Å². The van der Waals surface area contributed by atoms with Gasteiger partial charge >= 0.3 is 0 Å². The SMILES string of the molecule is c1ccc(OC2CSC3(C2)CN(Cc2ccncc2)C3)nc1. The smallest absolute Gasteiger partial charge is 0.213 e. The molecule has 1 atom stereocenters. The van der Waals surface area contributed by atoms with Crippen LogP contribution in [0, 0.1) is 0 Å². The Balaban J connectivity index is 1.29. The molecule has 2 saturated heterocycles. The van der Waals surface area contributed by atoms with Crippen LogP contribution >= 0.6 is 11.8 Å². The second-order valence-corrected chi connectivity index (χ2v) is 7.59. The van der Waals surface area contributed by atoms with E-state index in [1.165, 1.54) is 5.56 Å². The Morgan fingerprint density at radius 3 is 2.82 bits per heavy atom. The fraction of sp³-hybridized carbons (Fsp3) is 0.412. The summed E-state index contributed by atoms with van der Waals surface area (Å²) in [6.45, 7) is 3.33. The van der Waals surface area contributed by atoms with E-state index in [2.05, 4.69) is 38.8 Å². The van der Waals surface area contributed by atoms with E-state index in [1.807, 2.05) is 30.6 Å². The standard InChI is InChI=1S/C17H19N3OS/c1-2-6-19-16(3-1)21-15-9-17(22-11-15)12-20(13-17)10-14-4-7-18-8-5-14/h1-8,15H,9-13H2. The molecule has 2 aromatic rings. The van der Waals surface area contributed by atoms with Gasteiger partial charge in [-0.05, 0) is 23.8 Å². The molecule has 0 aliphatic carbocycles. The summed E-state index contributed by atoms with van der Waals surface area (Å²) < 4.78 is 6.40. The van der Waals surface area contributed by atoms with Gasteiger partial charge in [0.05, 0.1) is 0 Å². The average molecular weight is 313 g/mol. The summed E-state index contributed by atoms with van der Waals surface area (Å²) in [5.41, 5.74) is 1.34. The van der Waals surface area contributed by atoms with E-state index in [-0.39, 0.29) is 0 Å². The molecule has 0 N–H and O–H groups in total. The average Bonchev–Trinajstić information content (AvgIpc) is 2.93. The minimum atomic E-state index is 0.294. The molecule has 0 amide bonds. The van der Waals surface area contributed by atoms with Gasteiger partial charge in [-0.25, -0.2) is 4.98 Å². The second-order valence-electron chi connectivity index (χ2n) is 6.11. The van der Waals surface area contributed by atoms with Crippen LogP contribution in [0.4, 0.5) is 0 Å². The van der Waals surface area contributed by atoms with Gasteiger partial charge in [-0.15, -0.1) is 11.8 Å². The van der Waals surface area contributed by atoms with Crippen LogP contribution in [-0.4, -0.2) is 44.6 Å². The van der Waals surface area contributed by atoms with Crippen LogP contribution in [0.5, 0.6) is 5.88 Å². The summed E-state index contributed by atoms with van der Waals surface area (Å²) in [7, 11) is 0. The first-order valence-corrected chi connectivity index (χ1v) is 8.63. The van der Waals surface area contributed by atoms with E-state index in [4.69, 9.17) is 4.74 Å². The minimum Gasteiger partial charge on any atom is -0.473 e. The van der Waals surface area contributed by atoms with Gasteiger partial charge in [0, 0.05) is 61.2 Å². The van der Waals surface area contributed by atoms with Crippen molar-refractivity contribution in [1.29, 1.82) is 0 Å². The van der Waals surface area contributed by atoms with Crippen LogP contribution in [-0.2, 0) is 6.54 Å². The van der Waals surface area contributed by atoms with Crippen LogP contribution in [0.3, 0.4) is 0 Å². The van der Waals surface area contributed by atoms with Crippen molar-refractivity contribution in [3.05, 3.63) is 54.5 Å². The number of ether oxygens (including phenoxy) is 1. The predicted octanol–water partition coefficient (Wildman–Crippen LogP) is 2.62. The van der Waals surface area contributed by atoms with Crippen LogP contribution < -0.4 is 4.74 Å². The van der Waals surface area contributed by atoms with Crippen molar-refractivity contribution >= 4 is 11.8 Å². The minimum absolute atomic E-state index is 0.294. The van der Waals surface area contributed by atoms with Crippen molar-refractivity contribution in [2.24, 2.45) is 0 Å². The normalized spacial score (nSPS) is 23.4. The number of thioether (sulfide) groups is 1. The van der Waals surface area contributed by atoms with E-state index in [0.717, 1.165) is 37.7 Å². The van der Waals surface area contributed by atoms with Gasteiger partial charge in [0.1, 0.15) is 6.10 Å². The van der Waals surface area contributed by atoms with E-state index in [9.17, 15) is 0 Å². The number of aromatic nitrogens is 2. The summed E-state index contributed by atoms with van der Waals surface area (Å²) in [6, 6.07) is 10.0. The van der Waals surface area contributed by atoms with Crippen LogP contribution in [0.2, 0.25) is 0 Å². The zero-order valence-corrected chi connectivity index (χ0v) is 13.2. The highest BCUT2D eigenvalue weighted by Gasteiger charge is 2.49. The molecule has 2 aliphatic heterocycles. The zero-order valence-electron chi connectivity index (χ0n) is 12.4. The Bertz CT molecular complexity index is 616. The quantitative estimate of drug-likeness (QED) is 0.867. The maximum Gasteiger partial charge on any atom is 0.213 e. The molecule has 4 heterocycles. The topological polar surface area (TPSA) is 38.2 Å². The van der Waals surface area contributed by atoms with Crippen LogP contribution in [0.1, 0.15) is 12.0 Å². The number of hydrogen-bond donors (Lipinski definition) is 0. The molecule has 2 aliphatic rings. The monoisotopic (exact) mass is 313 g/mol. The Hall–Kier alpha value is -1.59. The van der Waals surface area contributed by atoms with Gasteiger partial charge in [-0.3, -0.25) is 9.88 Å². The Morgan fingerprint density at radius 1 is 1.18 bits per heavy atom. The Labute approximate surface area is 134 Å². The van der Waals surface area contributed by atoms with Gasteiger partial charge in [0.2, 0.25) is 5.88 Å². The lowest BCUT2D eigenvalue weighted by Gasteiger charge is -2.47. The number of nitrogens with zero attached hydrogens (tertiary/aromatic N) is 3. The predicted molar refractivity (Wildman–Crippen MR) is 88.0 cm³/mol. The molecule has 0 saturated carbocycles. The molecule has 1 unspecified atom stereocenters. The van der Waals surface area contributed by atoms with Crippen molar-refractivity contribution in [2.75, 3.05) is 18.8 Å². The van der Waals surface area contributed by atoms with Crippen molar-refractivity contribution in [3.8, 4) is 5.88 Å². The summed E-state index contributed by atoms with van der Waals surface area (Å²) in [6.07, 6.45) is 6.94. The summed E-state index contributed by atoms with van der Waals surface area (Å²) in [5.74, 6) is 1.82. The fourth-order valence-electron chi connectivity index (χ4n) is 3.31. The molecule has 0 aromatic carbocycles. The third-order valence-electron chi connectivity index (χ3n) is 4.28. The molecule has 22 heavy (non-hydrogen) atoms. The van der Waals surface area contributed by atoms with Gasteiger partial charge in [-0.1, -0.05) is 6.07 Å². The first-order valence-electron chi connectivity index (χ1n) is 7.64. The van der Waals surface area contributed by atoms with Crippen LogP contribution in [0.15, 0.2) is 48.9 Å². The van der Waals surface area contributed by atoms with Gasteiger partial charge < -0.3 is 4.74 Å². The highest BCUT2D eigenvalue weighted by molar-refractivity contribution is 8.01. The number of likely N-dealkylation sites (tertiary alicyclic amines) is 1. The molecular weight excluding hydrogens is 294 g/mol. The lowest BCUT2D eigenvalue weighted by atomic mass is 9.92. The number of rotatable bonds is 4. The maximum atomic E-state index is 6.00. The van der Waals surface area contributed by atoms with E-state index >= 15 is 0 Å². The van der Waals surface area contributed by atoms with E-state index < -0.39 is 0 Å². The highest BCUT2D eigenvalue weighted by atomic mass is 32.2. The molecule has 2 fully saturated rings. The van der Waals surface area contributed by atoms with E-state index in [0.29, 0.717) is 10.9 Å². The lowest BCUT2D eigenvalue weighted by Crippen LogP contribution is -2.58. The largest absolute Gasteiger partial charge is 0.473 e. The molecular formula is C17H19N3OS. The van der Waals surface area contributed by atoms with Gasteiger partial charge in [0.25, 0.3) is 0 Å². The first-order chi connectivity index (χ1) is 10.8. The van der Waals surface area contributed by atoms with Gasteiger partial charge in [0.15, 0.2) is 0 Å². The van der Waals surface area contributed by atoms with Crippen LogP contribution in [0.25, 0.3) is 0 Å². The number of hydrogen-bond acceptors (Lipinski definition) is 5. The molecule has 1 spiro atoms. The number of pyridine rings is 2.